The number of carbonyl (C=O) groups is 1. The number of hydrogen-bond donors (Lipinski definition) is 1. The van der Waals surface area contributed by atoms with Crippen molar-refractivity contribution in [3.63, 3.8) is 0 Å². The topological polar surface area (TPSA) is 46.9 Å². The number of aryl methyl sites for hydroxylation is 1. The minimum Gasteiger partial charge on any atom is -0.320 e. The maximum Gasteiger partial charge on any atom is 0.275 e. The van der Waals surface area contributed by atoms with Gasteiger partial charge in [0.25, 0.3) is 5.91 Å². The number of hydrogen-bond acceptors (Lipinski definition) is 3. The second-order valence-corrected chi connectivity index (χ2v) is 6.80. The van der Waals surface area contributed by atoms with E-state index in [-0.39, 0.29) is 5.91 Å². The number of nitrogens with zero attached hydrogens (tertiary/aromatic N) is 2. The van der Waals surface area contributed by atoms with Gasteiger partial charge in [-0.05, 0) is 40.2 Å². The Morgan fingerprint density at radius 3 is 2.52 bits per heavy atom. The first kappa shape index (κ1) is 15.8. The van der Waals surface area contributed by atoms with Crippen LogP contribution in [0.3, 0.4) is 0 Å². The van der Waals surface area contributed by atoms with Crippen molar-refractivity contribution >= 4 is 39.3 Å². The molecular weight excluding hydrogens is 374 g/mol. The highest BCUT2D eigenvalue weighted by molar-refractivity contribution is 9.10. The number of amides is 1. The van der Waals surface area contributed by atoms with E-state index in [9.17, 15) is 4.79 Å². The Morgan fingerprint density at radius 1 is 1.13 bits per heavy atom. The monoisotopic (exact) mass is 387 g/mol. The van der Waals surface area contributed by atoms with Crippen LogP contribution in [0.5, 0.6) is 0 Å². The average molecular weight is 388 g/mol. The third-order valence-electron chi connectivity index (χ3n) is 3.22. The number of benzene rings is 2. The third-order valence-corrected chi connectivity index (χ3v) is 4.88. The molecule has 0 radical (unpaired) electrons. The van der Waals surface area contributed by atoms with E-state index >= 15 is 0 Å². The SMILES string of the molecule is Cn1ncc(Br)c1C(=O)Nc1ccccc1Sc1ccccc1. The molecule has 1 amide bonds. The summed E-state index contributed by atoms with van der Waals surface area (Å²) in [6, 6.07) is 17.8. The molecule has 6 heteroatoms. The number of rotatable bonds is 4. The molecule has 0 saturated heterocycles. The second kappa shape index (κ2) is 7.02. The fourth-order valence-electron chi connectivity index (χ4n) is 2.12. The first-order valence-corrected chi connectivity index (χ1v) is 8.57. The highest BCUT2D eigenvalue weighted by Crippen LogP contribution is 2.33. The minimum absolute atomic E-state index is 0.196. The van der Waals surface area contributed by atoms with E-state index in [0.717, 1.165) is 15.5 Å². The number of aromatic nitrogens is 2. The van der Waals surface area contributed by atoms with Crippen molar-refractivity contribution in [1.82, 2.24) is 9.78 Å². The molecule has 0 spiro atoms. The van der Waals surface area contributed by atoms with E-state index in [1.807, 2.05) is 54.6 Å². The maximum atomic E-state index is 12.5. The van der Waals surface area contributed by atoms with Gasteiger partial charge in [0.15, 0.2) is 0 Å². The van der Waals surface area contributed by atoms with Gasteiger partial charge in [-0.2, -0.15) is 5.10 Å². The molecular formula is C17H14BrN3OS. The Morgan fingerprint density at radius 2 is 1.83 bits per heavy atom. The maximum absolute atomic E-state index is 12.5. The fourth-order valence-corrected chi connectivity index (χ4v) is 3.57. The van der Waals surface area contributed by atoms with Crippen molar-refractivity contribution in [3.8, 4) is 0 Å². The summed E-state index contributed by atoms with van der Waals surface area (Å²) in [6.45, 7) is 0. The van der Waals surface area contributed by atoms with Gasteiger partial charge in [0.2, 0.25) is 0 Å². The number of carbonyl (C=O) groups excluding carboxylic acids is 1. The van der Waals surface area contributed by atoms with Crippen LogP contribution in [0.15, 0.2) is 75.1 Å². The molecule has 0 aliphatic rings. The zero-order chi connectivity index (χ0) is 16.2. The zero-order valence-corrected chi connectivity index (χ0v) is 14.8. The smallest absolute Gasteiger partial charge is 0.275 e. The molecule has 0 aliphatic heterocycles. The molecule has 0 aliphatic carbocycles. The molecule has 1 heterocycles. The molecule has 4 nitrogen and oxygen atoms in total. The predicted octanol–water partition coefficient (Wildman–Crippen LogP) is 4.59. The van der Waals surface area contributed by atoms with Gasteiger partial charge in [-0.25, -0.2) is 0 Å². The summed E-state index contributed by atoms with van der Waals surface area (Å²) in [7, 11) is 1.74. The Kier molecular flexibility index (Phi) is 4.83. The van der Waals surface area contributed by atoms with Crippen molar-refractivity contribution in [3.05, 3.63) is 71.0 Å². The number of nitrogens with one attached hydrogen (secondary N) is 1. The molecule has 0 saturated carbocycles. The largest absolute Gasteiger partial charge is 0.320 e. The predicted molar refractivity (Wildman–Crippen MR) is 95.9 cm³/mol. The molecule has 116 valence electrons. The van der Waals surface area contributed by atoms with E-state index < -0.39 is 0 Å². The van der Waals surface area contributed by atoms with E-state index in [4.69, 9.17) is 0 Å². The van der Waals surface area contributed by atoms with E-state index in [1.54, 1.807) is 29.7 Å². The van der Waals surface area contributed by atoms with Gasteiger partial charge < -0.3 is 5.32 Å². The van der Waals surface area contributed by atoms with Crippen LogP contribution in [-0.2, 0) is 7.05 Å². The quantitative estimate of drug-likeness (QED) is 0.712. The van der Waals surface area contributed by atoms with Crippen LogP contribution in [0.1, 0.15) is 10.5 Å². The van der Waals surface area contributed by atoms with Gasteiger partial charge in [-0.1, -0.05) is 42.1 Å². The van der Waals surface area contributed by atoms with Crippen molar-refractivity contribution < 1.29 is 4.79 Å². The minimum atomic E-state index is -0.196. The van der Waals surface area contributed by atoms with Gasteiger partial charge in [0.05, 0.1) is 16.4 Å². The summed E-state index contributed by atoms with van der Waals surface area (Å²) in [6.07, 6.45) is 1.61. The van der Waals surface area contributed by atoms with Crippen molar-refractivity contribution in [2.45, 2.75) is 9.79 Å². The van der Waals surface area contributed by atoms with Crippen LogP contribution in [0.2, 0.25) is 0 Å². The molecule has 0 bridgehead atoms. The molecule has 3 aromatic rings. The third kappa shape index (κ3) is 3.65. The molecule has 3 rings (SSSR count). The molecule has 23 heavy (non-hydrogen) atoms. The first-order chi connectivity index (χ1) is 11.1. The molecule has 1 aromatic heterocycles. The summed E-state index contributed by atoms with van der Waals surface area (Å²) in [5.41, 5.74) is 1.27. The normalized spacial score (nSPS) is 10.5. The van der Waals surface area contributed by atoms with Gasteiger partial charge in [0, 0.05) is 16.8 Å². The van der Waals surface area contributed by atoms with Gasteiger partial charge in [-0.3, -0.25) is 9.48 Å². The lowest BCUT2D eigenvalue weighted by atomic mass is 10.3. The molecule has 0 unspecified atom stereocenters. The second-order valence-electron chi connectivity index (χ2n) is 4.83. The standard InChI is InChI=1S/C17H14BrN3OS/c1-21-16(13(18)11-19-21)17(22)20-14-9-5-6-10-15(14)23-12-7-3-2-4-8-12/h2-11H,1H3,(H,20,22). The highest BCUT2D eigenvalue weighted by Gasteiger charge is 2.16. The molecule has 0 atom stereocenters. The summed E-state index contributed by atoms with van der Waals surface area (Å²) >= 11 is 4.97. The number of halogens is 1. The summed E-state index contributed by atoms with van der Waals surface area (Å²) in [4.78, 5) is 14.6. The summed E-state index contributed by atoms with van der Waals surface area (Å²) in [5, 5.41) is 7.04. The van der Waals surface area contributed by atoms with E-state index in [1.165, 1.54) is 0 Å². The molecule has 1 N–H and O–H groups in total. The first-order valence-electron chi connectivity index (χ1n) is 6.96. The van der Waals surface area contributed by atoms with E-state index in [0.29, 0.717) is 10.2 Å². The molecule has 2 aromatic carbocycles. The van der Waals surface area contributed by atoms with E-state index in [2.05, 4.69) is 26.3 Å². The Balaban J connectivity index is 1.85. The lowest BCUT2D eigenvalue weighted by molar-refractivity contribution is 0.101. The van der Waals surface area contributed by atoms with Crippen molar-refractivity contribution in [2.24, 2.45) is 7.05 Å². The zero-order valence-electron chi connectivity index (χ0n) is 12.4. The lowest BCUT2D eigenvalue weighted by Crippen LogP contribution is -2.17. The Labute approximate surface area is 147 Å². The lowest BCUT2D eigenvalue weighted by Gasteiger charge is -2.11. The number of para-hydroxylation sites is 1. The van der Waals surface area contributed by atoms with Crippen LogP contribution in [-0.4, -0.2) is 15.7 Å². The van der Waals surface area contributed by atoms with Crippen LogP contribution in [0.25, 0.3) is 0 Å². The Bertz CT molecular complexity index is 813. The highest BCUT2D eigenvalue weighted by atomic mass is 79.9. The van der Waals surface area contributed by atoms with Gasteiger partial charge in [-0.15, -0.1) is 0 Å². The van der Waals surface area contributed by atoms with Gasteiger partial charge >= 0.3 is 0 Å². The summed E-state index contributed by atoms with van der Waals surface area (Å²) < 4.78 is 2.22. The summed E-state index contributed by atoms with van der Waals surface area (Å²) in [5.74, 6) is -0.196. The molecule has 0 fully saturated rings. The van der Waals surface area contributed by atoms with Crippen molar-refractivity contribution in [1.29, 1.82) is 0 Å². The number of anilines is 1. The van der Waals surface area contributed by atoms with Crippen LogP contribution in [0, 0.1) is 0 Å². The van der Waals surface area contributed by atoms with Crippen molar-refractivity contribution in [2.75, 3.05) is 5.32 Å². The van der Waals surface area contributed by atoms with Gasteiger partial charge in [0.1, 0.15) is 5.69 Å². The fraction of sp³-hybridized carbons (Fsp3) is 0.0588. The van der Waals surface area contributed by atoms with Crippen LogP contribution >= 0.6 is 27.7 Å². The van der Waals surface area contributed by atoms with Crippen LogP contribution in [0.4, 0.5) is 5.69 Å². The Hall–Kier alpha value is -2.05. The van der Waals surface area contributed by atoms with Crippen LogP contribution < -0.4 is 5.32 Å². The average Bonchev–Trinajstić information content (AvgIpc) is 2.89.